The molecule has 1 aromatic rings. The van der Waals surface area contributed by atoms with Crippen LogP contribution in [0.5, 0.6) is 0 Å². The van der Waals surface area contributed by atoms with E-state index >= 15 is 0 Å². The van der Waals surface area contributed by atoms with Crippen LogP contribution in [0.1, 0.15) is 19.4 Å². The SMILES string of the molecule is CC(C)=CC(=O)Nc1ccc2c(c1)CCN2.Cl. The Morgan fingerprint density at radius 3 is 2.88 bits per heavy atom. The predicted octanol–water partition coefficient (Wildman–Crippen LogP) is 2.98. The highest BCUT2D eigenvalue weighted by molar-refractivity contribution is 5.99. The van der Waals surface area contributed by atoms with Gasteiger partial charge in [0.05, 0.1) is 0 Å². The summed E-state index contributed by atoms with van der Waals surface area (Å²) in [6, 6.07) is 5.97. The molecule has 0 atom stereocenters. The number of fused-ring (bicyclic) bond motifs is 1. The Hall–Kier alpha value is -1.48. The summed E-state index contributed by atoms with van der Waals surface area (Å²) in [4.78, 5) is 11.5. The van der Waals surface area contributed by atoms with Gasteiger partial charge in [-0.2, -0.15) is 0 Å². The van der Waals surface area contributed by atoms with Crippen LogP contribution in [0.15, 0.2) is 29.8 Å². The zero-order valence-corrected chi connectivity index (χ0v) is 10.9. The summed E-state index contributed by atoms with van der Waals surface area (Å²) in [5.74, 6) is -0.0640. The molecule has 0 saturated heterocycles. The molecular weight excluding hydrogens is 236 g/mol. The molecule has 4 heteroatoms. The fraction of sp³-hybridized carbons (Fsp3) is 0.308. The summed E-state index contributed by atoms with van der Waals surface area (Å²) in [5, 5.41) is 6.15. The van der Waals surface area contributed by atoms with Crippen molar-refractivity contribution in [1.82, 2.24) is 0 Å². The van der Waals surface area contributed by atoms with Crippen molar-refractivity contribution < 1.29 is 4.79 Å². The van der Waals surface area contributed by atoms with E-state index in [9.17, 15) is 4.79 Å². The van der Waals surface area contributed by atoms with Gasteiger partial charge >= 0.3 is 0 Å². The van der Waals surface area contributed by atoms with E-state index in [-0.39, 0.29) is 18.3 Å². The largest absolute Gasteiger partial charge is 0.384 e. The third kappa shape index (κ3) is 3.49. The van der Waals surface area contributed by atoms with Gasteiger partial charge in [-0.15, -0.1) is 12.4 Å². The highest BCUT2D eigenvalue weighted by Gasteiger charge is 2.10. The molecule has 0 aliphatic carbocycles. The number of halogens is 1. The van der Waals surface area contributed by atoms with Gasteiger partial charge in [-0.1, -0.05) is 5.57 Å². The standard InChI is InChI=1S/C13H16N2O.ClH/c1-9(2)7-13(16)15-11-3-4-12-10(8-11)5-6-14-12;/h3-4,7-8,14H,5-6H2,1-2H3,(H,15,16);1H. The summed E-state index contributed by atoms with van der Waals surface area (Å²) in [6.45, 7) is 4.80. The maximum absolute atomic E-state index is 11.5. The Bertz CT molecular complexity index is 451. The topological polar surface area (TPSA) is 41.1 Å². The van der Waals surface area contributed by atoms with Crippen LogP contribution >= 0.6 is 12.4 Å². The number of hydrogen-bond acceptors (Lipinski definition) is 2. The van der Waals surface area contributed by atoms with Crippen LogP contribution in [0, 0.1) is 0 Å². The highest BCUT2D eigenvalue weighted by atomic mass is 35.5. The maximum atomic E-state index is 11.5. The average molecular weight is 253 g/mol. The van der Waals surface area contributed by atoms with E-state index in [1.165, 1.54) is 11.3 Å². The zero-order chi connectivity index (χ0) is 11.5. The smallest absolute Gasteiger partial charge is 0.248 e. The van der Waals surface area contributed by atoms with Crippen molar-refractivity contribution in [2.75, 3.05) is 17.2 Å². The minimum Gasteiger partial charge on any atom is -0.384 e. The molecule has 0 saturated carbocycles. The molecule has 0 fully saturated rings. The lowest BCUT2D eigenvalue weighted by Gasteiger charge is -2.05. The van der Waals surface area contributed by atoms with Crippen LogP contribution in [-0.2, 0) is 11.2 Å². The van der Waals surface area contributed by atoms with Crippen LogP contribution in [-0.4, -0.2) is 12.5 Å². The fourth-order valence-electron chi connectivity index (χ4n) is 1.82. The van der Waals surface area contributed by atoms with Crippen molar-refractivity contribution in [3.8, 4) is 0 Å². The van der Waals surface area contributed by atoms with E-state index in [1.807, 2.05) is 32.0 Å². The van der Waals surface area contributed by atoms with Crippen LogP contribution in [0.25, 0.3) is 0 Å². The molecule has 0 spiro atoms. The second-order valence-corrected chi connectivity index (χ2v) is 4.26. The molecule has 2 N–H and O–H groups in total. The van der Waals surface area contributed by atoms with Crippen LogP contribution in [0.2, 0.25) is 0 Å². The van der Waals surface area contributed by atoms with Crippen molar-refractivity contribution in [2.45, 2.75) is 20.3 Å². The predicted molar refractivity (Wildman–Crippen MR) is 73.9 cm³/mol. The molecule has 17 heavy (non-hydrogen) atoms. The monoisotopic (exact) mass is 252 g/mol. The molecule has 2 rings (SSSR count). The molecule has 1 aromatic carbocycles. The molecule has 0 bridgehead atoms. The molecule has 0 radical (unpaired) electrons. The number of benzene rings is 1. The van der Waals surface area contributed by atoms with Crippen molar-refractivity contribution in [2.24, 2.45) is 0 Å². The number of allylic oxidation sites excluding steroid dienone is 1. The zero-order valence-electron chi connectivity index (χ0n) is 10.0. The molecule has 1 aliphatic heterocycles. The molecule has 92 valence electrons. The first kappa shape index (κ1) is 13.6. The third-order valence-electron chi connectivity index (χ3n) is 2.50. The minimum absolute atomic E-state index is 0. The number of nitrogens with one attached hydrogen (secondary N) is 2. The lowest BCUT2D eigenvalue weighted by Crippen LogP contribution is -2.08. The van der Waals surface area contributed by atoms with Crippen LogP contribution in [0.4, 0.5) is 11.4 Å². The summed E-state index contributed by atoms with van der Waals surface area (Å²) >= 11 is 0. The Labute approximate surface area is 108 Å². The van der Waals surface area contributed by atoms with Crippen molar-refractivity contribution in [3.05, 3.63) is 35.4 Å². The van der Waals surface area contributed by atoms with E-state index in [2.05, 4.69) is 10.6 Å². The van der Waals surface area contributed by atoms with E-state index < -0.39 is 0 Å². The summed E-state index contributed by atoms with van der Waals surface area (Å²) in [5.41, 5.74) is 4.32. The van der Waals surface area contributed by atoms with Crippen LogP contribution in [0.3, 0.4) is 0 Å². The highest BCUT2D eigenvalue weighted by Crippen LogP contribution is 2.25. The van der Waals surface area contributed by atoms with Gasteiger partial charge in [0.15, 0.2) is 0 Å². The third-order valence-corrected chi connectivity index (χ3v) is 2.50. The second-order valence-electron chi connectivity index (χ2n) is 4.26. The quantitative estimate of drug-likeness (QED) is 0.795. The molecular formula is C13H17ClN2O. The Balaban J connectivity index is 0.00000144. The first-order valence-electron chi connectivity index (χ1n) is 5.48. The number of carbonyl (C=O) groups is 1. The van der Waals surface area contributed by atoms with E-state index in [1.54, 1.807) is 6.08 Å². The first-order valence-corrected chi connectivity index (χ1v) is 5.48. The van der Waals surface area contributed by atoms with Crippen molar-refractivity contribution >= 4 is 29.7 Å². The van der Waals surface area contributed by atoms with Gasteiger partial charge in [-0.3, -0.25) is 4.79 Å². The van der Waals surface area contributed by atoms with Crippen LogP contribution < -0.4 is 10.6 Å². The van der Waals surface area contributed by atoms with Gasteiger partial charge in [0.2, 0.25) is 5.91 Å². The summed E-state index contributed by atoms with van der Waals surface area (Å²) in [6.07, 6.45) is 2.63. The Morgan fingerprint density at radius 2 is 2.18 bits per heavy atom. The van der Waals surface area contributed by atoms with E-state index in [0.717, 1.165) is 24.2 Å². The van der Waals surface area contributed by atoms with Gasteiger partial charge in [0, 0.05) is 24.0 Å². The van der Waals surface area contributed by atoms with Crippen molar-refractivity contribution in [1.29, 1.82) is 0 Å². The Morgan fingerprint density at radius 1 is 1.41 bits per heavy atom. The number of anilines is 2. The Kier molecular flexibility index (Phi) is 4.58. The number of hydrogen-bond donors (Lipinski definition) is 2. The van der Waals surface area contributed by atoms with Gasteiger partial charge in [0.1, 0.15) is 0 Å². The molecule has 0 aromatic heterocycles. The number of carbonyl (C=O) groups excluding carboxylic acids is 1. The van der Waals surface area contributed by atoms with Gasteiger partial charge in [-0.05, 0) is 44.0 Å². The van der Waals surface area contributed by atoms with Gasteiger partial charge in [-0.25, -0.2) is 0 Å². The number of amides is 1. The average Bonchev–Trinajstić information content (AvgIpc) is 2.63. The summed E-state index contributed by atoms with van der Waals surface area (Å²) < 4.78 is 0. The molecule has 0 unspecified atom stereocenters. The van der Waals surface area contributed by atoms with Gasteiger partial charge in [0.25, 0.3) is 0 Å². The van der Waals surface area contributed by atoms with Crippen molar-refractivity contribution in [3.63, 3.8) is 0 Å². The van der Waals surface area contributed by atoms with E-state index in [0.29, 0.717) is 0 Å². The normalized spacial score (nSPS) is 11.9. The number of rotatable bonds is 2. The molecule has 1 amide bonds. The lowest BCUT2D eigenvalue weighted by atomic mass is 10.1. The van der Waals surface area contributed by atoms with Gasteiger partial charge < -0.3 is 10.6 Å². The van der Waals surface area contributed by atoms with E-state index in [4.69, 9.17) is 0 Å². The second kappa shape index (κ2) is 5.73. The minimum atomic E-state index is -0.0640. The summed E-state index contributed by atoms with van der Waals surface area (Å²) in [7, 11) is 0. The molecule has 1 heterocycles. The molecule has 3 nitrogen and oxygen atoms in total. The fourth-order valence-corrected chi connectivity index (χ4v) is 1.82. The molecule has 1 aliphatic rings. The first-order chi connectivity index (χ1) is 7.65. The maximum Gasteiger partial charge on any atom is 0.248 e. The lowest BCUT2D eigenvalue weighted by molar-refractivity contribution is -0.111.